The van der Waals surface area contributed by atoms with Crippen LogP contribution in [0.5, 0.6) is 0 Å². The van der Waals surface area contributed by atoms with Crippen molar-refractivity contribution in [3.05, 3.63) is 34.9 Å². The fourth-order valence-corrected chi connectivity index (χ4v) is 2.32. The lowest BCUT2D eigenvalue weighted by Crippen LogP contribution is -2.52. The molecule has 0 fully saturated rings. The fourth-order valence-electron chi connectivity index (χ4n) is 1.97. The zero-order valence-electron chi connectivity index (χ0n) is 11.0. The molecule has 5 heteroatoms. The van der Waals surface area contributed by atoms with Gasteiger partial charge in [0.2, 0.25) is 0 Å². The summed E-state index contributed by atoms with van der Waals surface area (Å²) in [6, 6.07) is 7.48. The number of aromatic nitrogens is 1. The highest BCUT2D eigenvalue weighted by atomic mass is 79.9. The molecule has 0 radical (unpaired) electrons. The van der Waals surface area contributed by atoms with Crippen LogP contribution < -0.4 is 10.0 Å². The highest BCUT2D eigenvalue weighted by molar-refractivity contribution is 9.10. The highest BCUT2D eigenvalue weighted by Gasteiger charge is 2.23. The first-order chi connectivity index (χ1) is 8.79. The van der Waals surface area contributed by atoms with Crippen molar-refractivity contribution in [1.29, 1.82) is 0 Å². The van der Waals surface area contributed by atoms with E-state index < -0.39 is 11.6 Å². The summed E-state index contributed by atoms with van der Waals surface area (Å²) in [6.45, 7) is 5.44. The van der Waals surface area contributed by atoms with E-state index >= 15 is 0 Å². The predicted octanol–water partition coefficient (Wildman–Crippen LogP) is 2.95. The average Bonchev–Trinajstić information content (AvgIpc) is 2.27. The summed E-state index contributed by atoms with van der Waals surface area (Å²) in [5.74, 6) is 0. The van der Waals surface area contributed by atoms with Gasteiger partial charge in [0.1, 0.15) is 6.09 Å². The van der Waals surface area contributed by atoms with E-state index in [0.29, 0.717) is 5.69 Å². The smallest absolute Gasteiger partial charge is 0.142 e. The Hall–Kier alpha value is -1.62. The third kappa shape index (κ3) is 2.87. The molecule has 0 N–H and O–H groups in total. The second-order valence-electron chi connectivity index (χ2n) is 5.30. The van der Waals surface area contributed by atoms with Crippen LogP contribution in [-0.2, 0) is 0 Å². The van der Waals surface area contributed by atoms with Crippen LogP contribution in [0.15, 0.2) is 34.9 Å². The van der Waals surface area contributed by atoms with E-state index in [1.807, 2.05) is 39.0 Å². The van der Waals surface area contributed by atoms with Crippen molar-refractivity contribution in [2.75, 3.05) is 4.90 Å². The van der Waals surface area contributed by atoms with E-state index in [1.54, 1.807) is 12.3 Å². The maximum atomic E-state index is 11.3. The second-order valence-corrected chi connectivity index (χ2v) is 6.22. The molecular formula is C14H14BrN2O2-. The summed E-state index contributed by atoms with van der Waals surface area (Å²) in [4.78, 5) is 16.8. The fraction of sp³-hybridized carbons (Fsp3) is 0.286. The van der Waals surface area contributed by atoms with Crippen molar-refractivity contribution < 1.29 is 9.90 Å². The average molecular weight is 322 g/mol. The van der Waals surface area contributed by atoms with Crippen molar-refractivity contribution in [2.24, 2.45) is 0 Å². The van der Waals surface area contributed by atoms with Gasteiger partial charge >= 0.3 is 0 Å². The number of carbonyl (C=O) groups is 1. The number of halogens is 1. The lowest BCUT2D eigenvalue weighted by atomic mass is 10.1. The molecule has 100 valence electrons. The Bertz CT molecular complexity index is 635. The maximum Gasteiger partial charge on any atom is 0.142 e. The molecule has 4 nitrogen and oxygen atoms in total. The molecule has 1 aromatic heterocycles. The SMILES string of the molecule is CC(C)(C)N(C(=O)[O-])c1cnc2cc(Br)ccc2c1. The van der Waals surface area contributed by atoms with Gasteiger partial charge in [-0.15, -0.1) is 0 Å². The van der Waals surface area contributed by atoms with E-state index in [1.165, 1.54) is 4.90 Å². The molecule has 0 aliphatic carbocycles. The molecule has 0 saturated carbocycles. The van der Waals surface area contributed by atoms with E-state index in [9.17, 15) is 9.90 Å². The van der Waals surface area contributed by atoms with Crippen LogP contribution >= 0.6 is 15.9 Å². The number of carbonyl (C=O) groups excluding carboxylic acids is 1. The van der Waals surface area contributed by atoms with Crippen LogP contribution in [0.4, 0.5) is 10.5 Å². The highest BCUT2D eigenvalue weighted by Crippen LogP contribution is 2.27. The van der Waals surface area contributed by atoms with Crippen molar-refractivity contribution >= 4 is 38.6 Å². The number of benzene rings is 1. The van der Waals surface area contributed by atoms with Gasteiger partial charge in [-0.3, -0.25) is 4.98 Å². The van der Waals surface area contributed by atoms with Gasteiger partial charge < -0.3 is 14.8 Å². The molecule has 0 aliphatic rings. The van der Waals surface area contributed by atoms with Gasteiger partial charge in [0.15, 0.2) is 0 Å². The third-order valence-electron chi connectivity index (χ3n) is 2.74. The molecule has 19 heavy (non-hydrogen) atoms. The Morgan fingerprint density at radius 2 is 2.00 bits per heavy atom. The van der Waals surface area contributed by atoms with Crippen LogP contribution in [-0.4, -0.2) is 16.6 Å². The summed E-state index contributed by atoms with van der Waals surface area (Å²) in [6.07, 6.45) is 0.321. The normalized spacial score (nSPS) is 11.6. The summed E-state index contributed by atoms with van der Waals surface area (Å²) < 4.78 is 0.938. The van der Waals surface area contributed by atoms with Crippen LogP contribution in [0.1, 0.15) is 20.8 Å². The predicted molar refractivity (Wildman–Crippen MR) is 77.1 cm³/mol. The Kier molecular flexibility index (Phi) is 3.49. The van der Waals surface area contributed by atoms with Gasteiger partial charge in [-0.05, 0) is 39.0 Å². The molecule has 0 saturated heterocycles. The quantitative estimate of drug-likeness (QED) is 0.811. The van der Waals surface area contributed by atoms with Crippen LogP contribution in [0.2, 0.25) is 0 Å². The molecular weight excluding hydrogens is 308 g/mol. The van der Waals surface area contributed by atoms with Gasteiger partial charge in [-0.25, -0.2) is 0 Å². The Morgan fingerprint density at radius 1 is 1.32 bits per heavy atom. The Balaban J connectivity index is 2.56. The summed E-state index contributed by atoms with van der Waals surface area (Å²) in [5, 5.41) is 12.2. The van der Waals surface area contributed by atoms with E-state index in [-0.39, 0.29) is 0 Å². The molecule has 1 amide bonds. The van der Waals surface area contributed by atoms with E-state index in [0.717, 1.165) is 15.4 Å². The topological polar surface area (TPSA) is 56.3 Å². The number of nitrogens with zero attached hydrogens (tertiary/aromatic N) is 2. The van der Waals surface area contributed by atoms with Crippen molar-refractivity contribution in [1.82, 2.24) is 4.98 Å². The van der Waals surface area contributed by atoms with Gasteiger partial charge in [-0.2, -0.15) is 0 Å². The summed E-state index contributed by atoms with van der Waals surface area (Å²) in [7, 11) is 0. The first-order valence-corrected chi connectivity index (χ1v) is 6.65. The minimum absolute atomic E-state index is 0.516. The lowest BCUT2D eigenvalue weighted by molar-refractivity contribution is -0.247. The Labute approximate surface area is 120 Å². The third-order valence-corrected chi connectivity index (χ3v) is 3.24. The molecule has 2 rings (SSSR count). The number of fused-ring (bicyclic) bond motifs is 1. The zero-order valence-corrected chi connectivity index (χ0v) is 12.6. The van der Waals surface area contributed by atoms with Crippen molar-refractivity contribution in [3.63, 3.8) is 0 Å². The van der Waals surface area contributed by atoms with Crippen molar-refractivity contribution in [2.45, 2.75) is 26.3 Å². The number of hydrogen-bond acceptors (Lipinski definition) is 3. The lowest BCUT2D eigenvalue weighted by Gasteiger charge is -2.37. The summed E-state index contributed by atoms with van der Waals surface area (Å²) in [5.41, 5.74) is 0.747. The second kappa shape index (κ2) is 4.81. The number of rotatable bonds is 1. The molecule has 2 aromatic rings. The first-order valence-electron chi connectivity index (χ1n) is 5.85. The molecule has 1 heterocycles. The van der Waals surface area contributed by atoms with Gasteiger partial charge in [0.25, 0.3) is 0 Å². The summed E-state index contributed by atoms with van der Waals surface area (Å²) >= 11 is 3.38. The minimum Gasteiger partial charge on any atom is -0.530 e. The minimum atomic E-state index is -1.23. The Morgan fingerprint density at radius 3 is 2.58 bits per heavy atom. The number of amides is 1. The number of hydrogen-bond donors (Lipinski definition) is 0. The molecule has 1 aromatic carbocycles. The van der Waals surface area contributed by atoms with E-state index in [4.69, 9.17) is 0 Å². The number of carboxylic acid groups (broad SMARTS) is 1. The maximum absolute atomic E-state index is 11.3. The monoisotopic (exact) mass is 321 g/mol. The van der Waals surface area contributed by atoms with E-state index in [2.05, 4.69) is 20.9 Å². The number of anilines is 1. The molecule has 0 unspecified atom stereocenters. The van der Waals surface area contributed by atoms with Crippen LogP contribution in [0.25, 0.3) is 10.9 Å². The van der Waals surface area contributed by atoms with Gasteiger partial charge in [0.05, 0.1) is 17.4 Å². The molecule has 0 bridgehead atoms. The molecule has 0 spiro atoms. The van der Waals surface area contributed by atoms with Gasteiger partial charge in [0, 0.05) is 15.4 Å². The number of pyridine rings is 1. The largest absolute Gasteiger partial charge is 0.530 e. The standard InChI is InChI=1S/C14H15BrN2O2/c1-14(2,3)17(13(18)19)11-6-9-4-5-10(15)7-12(9)16-8-11/h4-8H,1-3H3,(H,18,19)/p-1. The van der Waals surface area contributed by atoms with Crippen LogP contribution in [0.3, 0.4) is 0 Å². The van der Waals surface area contributed by atoms with Gasteiger partial charge in [-0.1, -0.05) is 22.0 Å². The van der Waals surface area contributed by atoms with Crippen molar-refractivity contribution in [3.8, 4) is 0 Å². The first kappa shape index (κ1) is 13.8. The van der Waals surface area contributed by atoms with Crippen LogP contribution in [0, 0.1) is 0 Å². The molecule has 0 aliphatic heterocycles. The molecule has 0 atom stereocenters. The zero-order chi connectivity index (χ0) is 14.2.